The minimum absolute atomic E-state index is 0.427. The quantitative estimate of drug-likeness (QED) is 0.800. The minimum atomic E-state index is 0.427. The van der Waals surface area contributed by atoms with E-state index in [4.69, 9.17) is 11.6 Å². The SMILES string of the molecule is ClCc1cn(CC2CSc3ccccc32)nn1. The zero-order valence-electron chi connectivity index (χ0n) is 9.21. The molecule has 0 amide bonds. The summed E-state index contributed by atoms with van der Waals surface area (Å²) in [5.74, 6) is 2.08. The third-order valence-electron chi connectivity index (χ3n) is 2.93. The van der Waals surface area contributed by atoms with Gasteiger partial charge in [0.25, 0.3) is 0 Å². The molecular weight excluding hydrogens is 254 g/mol. The van der Waals surface area contributed by atoms with Crippen LogP contribution >= 0.6 is 23.4 Å². The van der Waals surface area contributed by atoms with E-state index in [1.165, 1.54) is 10.5 Å². The van der Waals surface area contributed by atoms with Crippen LogP contribution in [0, 0.1) is 0 Å². The first-order chi connectivity index (χ1) is 8.36. The van der Waals surface area contributed by atoms with Crippen molar-refractivity contribution in [1.29, 1.82) is 0 Å². The van der Waals surface area contributed by atoms with Gasteiger partial charge in [-0.1, -0.05) is 23.4 Å². The van der Waals surface area contributed by atoms with Crippen molar-refractivity contribution < 1.29 is 0 Å². The predicted molar refractivity (Wildman–Crippen MR) is 69.5 cm³/mol. The minimum Gasteiger partial charge on any atom is -0.252 e. The predicted octanol–water partition coefficient (Wildman–Crippen LogP) is 2.91. The van der Waals surface area contributed by atoms with Crippen molar-refractivity contribution in [2.75, 3.05) is 5.75 Å². The molecule has 0 aliphatic carbocycles. The van der Waals surface area contributed by atoms with Gasteiger partial charge in [0.05, 0.1) is 18.1 Å². The van der Waals surface area contributed by atoms with E-state index in [-0.39, 0.29) is 0 Å². The van der Waals surface area contributed by atoms with Crippen molar-refractivity contribution in [2.45, 2.75) is 23.2 Å². The zero-order chi connectivity index (χ0) is 11.7. The van der Waals surface area contributed by atoms with Gasteiger partial charge in [-0.05, 0) is 11.6 Å². The molecule has 0 bridgehead atoms. The van der Waals surface area contributed by atoms with Crippen LogP contribution in [0.15, 0.2) is 35.4 Å². The second kappa shape index (κ2) is 4.70. The number of nitrogens with zero attached hydrogens (tertiary/aromatic N) is 3. The molecule has 5 heteroatoms. The van der Waals surface area contributed by atoms with Gasteiger partial charge in [0, 0.05) is 22.8 Å². The molecular formula is C12H12ClN3S. The van der Waals surface area contributed by atoms with Crippen molar-refractivity contribution in [3.8, 4) is 0 Å². The van der Waals surface area contributed by atoms with Crippen LogP contribution < -0.4 is 0 Å². The van der Waals surface area contributed by atoms with Crippen molar-refractivity contribution in [2.24, 2.45) is 0 Å². The molecule has 0 N–H and O–H groups in total. The van der Waals surface area contributed by atoms with Gasteiger partial charge in [-0.25, -0.2) is 0 Å². The third kappa shape index (κ3) is 2.19. The van der Waals surface area contributed by atoms with Gasteiger partial charge in [0.1, 0.15) is 0 Å². The van der Waals surface area contributed by atoms with Crippen LogP contribution in [0.4, 0.5) is 0 Å². The molecule has 1 aliphatic heterocycles. The second-order valence-electron chi connectivity index (χ2n) is 4.11. The summed E-state index contributed by atoms with van der Waals surface area (Å²) in [6.45, 7) is 0.883. The lowest BCUT2D eigenvalue weighted by molar-refractivity contribution is 0.532. The summed E-state index contributed by atoms with van der Waals surface area (Å²) < 4.78 is 1.89. The Balaban J connectivity index is 1.79. The maximum absolute atomic E-state index is 5.72. The monoisotopic (exact) mass is 265 g/mol. The Bertz CT molecular complexity index is 526. The highest BCUT2D eigenvalue weighted by atomic mass is 35.5. The summed E-state index contributed by atoms with van der Waals surface area (Å²) in [5, 5.41) is 8.10. The van der Waals surface area contributed by atoms with Crippen LogP contribution in [0.25, 0.3) is 0 Å². The standard InChI is InChI=1S/C12H12ClN3S/c13-5-10-7-16(15-14-10)6-9-8-17-12-4-2-1-3-11(9)12/h1-4,7,9H,5-6,8H2. The lowest BCUT2D eigenvalue weighted by atomic mass is 10.0. The number of alkyl halides is 1. The van der Waals surface area contributed by atoms with E-state index in [1.807, 2.05) is 22.6 Å². The first kappa shape index (κ1) is 11.1. The highest BCUT2D eigenvalue weighted by molar-refractivity contribution is 7.99. The number of benzene rings is 1. The Kier molecular flexibility index (Phi) is 3.07. The Morgan fingerprint density at radius 3 is 3.12 bits per heavy atom. The number of hydrogen-bond donors (Lipinski definition) is 0. The molecule has 2 aromatic rings. The summed E-state index contributed by atoms with van der Waals surface area (Å²) in [6, 6.07) is 8.59. The molecule has 0 radical (unpaired) electrons. The third-order valence-corrected chi connectivity index (χ3v) is 4.45. The Morgan fingerprint density at radius 2 is 2.29 bits per heavy atom. The lowest BCUT2D eigenvalue weighted by Crippen LogP contribution is -2.09. The maximum atomic E-state index is 5.72. The lowest BCUT2D eigenvalue weighted by Gasteiger charge is -2.09. The molecule has 2 heterocycles. The van der Waals surface area contributed by atoms with Crippen LogP contribution in [0.1, 0.15) is 17.2 Å². The highest BCUT2D eigenvalue weighted by Gasteiger charge is 2.23. The van der Waals surface area contributed by atoms with Gasteiger partial charge < -0.3 is 0 Å². The molecule has 1 aliphatic rings. The molecule has 1 unspecified atom stereocenters. The molecule has 0 spiro atoms. The van der Waals surface area contributed by atoms with E-state index < -0.39 is 0 Å². The van der Waals surface area contributed by atoms with E-state index in [0.717, 1.165) is 18.0 Å². The normalized spacial score (nSPS) is 18.3. The number of hydrogen-bond acceptors (Lipinski definition) is 3. The Hall–Kier alpha value is -1.00. The average molecular weight is 266 g/mol. The second-order valence-corrected chi connectivity index (χ2v) is 5.44. The van der Waals surface area contributed by atoms with Gasteiger partial charge in [0.2, 0.25) is 0 Å². The molecule has 0 saturated heterocycles. The molecule has 17 heavy (non-hydrogen) atoms. The zero-order valence-corrected chi connectivity index (χ0v) is 10.8. The van der Waals surface area contributed by atoms with Gasteiger partial charge >= 0.3 is 0 Å². The summed E-state index contributed by atoms with van der Waals surface area (Å²) in [5.41, 5.74) is 2.27. The summed E-state index contributed by atoms with van der Waals surface area (Å²) in [4.78, 5) is 1.40. The van der Waals surface area contributed by atoms with Crippen LogP contribution in [-0.2, 0) is 12.4 Å². The maximum Gasteiger partial charge on any atom is 0.0974 e. The van der Waals surface area contributed by atoms with Gasteiger partial charge in [-0.15, -0.1) is 28.5 Å². The Morgan fingerprint density at radius 1 is 1.41 bits per heavy atom. The van der Waals surface area contributed by atoms with Crippen LogP contribution in [0.5, 0.6) is 0 Å². The fourth-order valence-corrected chi connectivity index (χ4v) is 3.46. The fourth-order valence-electron chi connectivity index (χ4n) is 2.10. The van der Waals surface area contributed by atoms with Gasteiger partial charge in [0.15, 0.2) is 0 Å². The smallest absolute Gasteiger partial charge is 0.0974 e. The highest BCUT2D eigenvalue weighted by Crippen LogP contribution is 2.39. The van der Waals surface area contributed by atoms with Crippen molar-refractivity contribution >= 4 is 23.4 Å². The molecule has 1 atom stereocenters. The van der Waals surface area contributed by atoms with Crippen molar-refractivity contribution in [3.63, 3.8) is 0 Å². The molecule has 1 aromatic heterocycles. The molecule has 0 fully saturated rings. The van der Waals surface area contributed by atoms with Crippen LogP contribution in [-0.4, -0.2) is 20.7 Å². The summed E-state index contributed by atoms with van der Waals surface area (Å²) in [7, 11) is 0. The summed E-state index contributed by atoms with van der Waals surface area (Å²) in [6.07, 6.45) is 1.93. The first-order valence-electron chi connectivity index (χ1n) is 5.53. The van der Waals surface area contributed by atoms with E-state index in [9.17, 15) is 0 Å². The number of rotatable bonds is 3. The number of halogens is 1. The van der Waals surface area contributed by atoms with E-state index in [1.54, 1.807) is 0 Å². The number of fused-ring (bicyclic) bond motifs is 1. The van der Waals surface area contributed by atoms with Gasteiger partial charge in [-0.2, -0.15) is 0 Å². The van der Waals surface area contributed by atoms with E-state index in [0.29, 0.717) is 11.8 Å². The molecule has 3 nitrogen and oxygen atoms in total. The van der Waals surface area contributed by atoms with E-state index in [2.05, 4.69) is 34.6 Å². The first-order valence-corrected chi connectivity index (χ1v) is 7.05. The topological polar surface area (TPSA) is 30.7 Å². The largest absolute Gasteiger partial charge is 0.252 e. The molecule has 1 aromatic carbocycles. The summed E-state index contributed by atoms with van der Waals surface area (Å²) >= 11 is 7.64. The molecule has 88 valence electrons. The molecule has 3 rings (SSSR count). The number of aromatic nitrogens is 3. The van der Waals surface area contributed by atoms with Crippen molar-refractivity contribution in [3.05, 3.63) is 41.7 Å². The van der Waals surface area contributed by atoms with Crippen LogP contribution in [0.3, 0.4) is 0 Å². The van der Waals surface area contributed by atoms with Crippen LogP contribution in [0.2, 0.25) is 0 Å². The van der Waals surface area contributed by atoms with E-state index >= 15 is 0 Å². The number of thioether (sulfide) groups is 1. The molecule has 0 saturated carbocycles. The van der Waals surface area contributed by atoms with Crippen molar-refractivity contribution in [1.82, 2.24) is 15.0 Å². The fraction of sp³-hybridized carbons (Fsp3) is 0.333. The average Bonchev–Trinajstić information content (AvgIpc) is 2.97. The van der Waals surface area contributed by atoms with Gasteiger partial charge in [-0.3, -0.25) is 4.68 Å². The Labute approximate surface area is 109 Å².